The van der Waals surface area contributed by atoms with Gasteiger partial charge < -0.3 is 10.1 Å². The lowest BCUT2D eigenvalue weighted by Crippen LogP contribution is -2.03. The summed E-state index contributed by atoms with van der Waals surface area (Å²) < 4.78 is 27.9. The number of fused-ring (bicyclic) bond motifs is 1. The van der Waals surface area contributed by atoms with Crippen molar-refractivity contribution in [3.05, 3.63) is 84.1 Å². The summed E-state index contributed by atoms with van der Waals surface area (Å²) in [6, 6.07) is 13.3. The third kappa shape index (κ3) is 5.14. The van der Waals surface area contributed by atoms with Crippen LogP contribution in [-0.2, 0) is 14.6 Å². The highest BCUT2D eigenvalue weighted by molar-refractivity contribution is 7.90. The largest absolute Gasteiger partial charge is 0.464 e. The fourth-order valence-electron chi connectivity index (χ4n) is 2.99. The number of sulfone groups is 1. The van der Waals surface area contributed by atoms with Gasteiger partial charge in [0, 0.05) is 46.9 Å². The third-order valence-electron chi connectivity index (χ3n) is 4.69. The quantitative estimate of drug-likeness (QED) is 0.366. The first-order chi connectivity index (χ1) is 15.8. The van der Waals surface area contributed by atoms with E-state index < -0.39 is 15.8 Å². The number of nitrogens with zero attached hydrogens (tertiary/aromatic N) is 3. The van der Waals surface area contributed by atoms with Crippen molar-refractivity contribution in [1.29, 1.82) is 0 Å². The van der Waals surface area contributed by atoms with Crippen LogP contribution in [0.15, 0.2) is 72.0 Å². The Hall–Kier alpha value is -4.29. The second kappa shape index (κ2) is 9.06. The van der Waals surface area contributed by atoms with Gasteiger partial charge in [0.2, 0.25) is 0 Å². The SMILES string of the molecule is COC(=O)c1ccc(C#Cc2nccc3cnc(Nc4ccc(S(C)(=O)=O)cc4)cc23)cn1. The van der Waals surface area contributed by atoms with Crippen molar-refractivity contribution in [1.82, 2.24) is 15.0 Å². The Morgan fingerprint density at radius 2 is 1.76 bits per heavy atom. The van der Waals surface area contributed by atoms with Gasteiger partial charge in [-0.1, -0.05) is 5.92 Å². The van der Waals surface area contributed by atoms with E-state index in [1.54, 1.807) is 36.7 Å². The monoisotopic (exact) mass is 458 g/mol. The summed E-state index contributed by atoms with van der Waals surface area (Å²) in [5, 5.41) is 4.83. The summed E-state index contributed by atoms with van der Waals surface area (Å²) in [5.41, 5.74) is 2.09. The van der Waals surface area contributed by atoms with Crippen LogP contribution in [0.1, 0.15) is 21.7 Å². The Labute approximate surface area is 190 Å². The fourth-order valence-corrected chi connectivity index (χ4v) is 3.62. The van der Waals surface area contributed by atoms with Crippen LogP contribution in [0.5, 0.6) is 0 Å². The molecule has 0 fully saturated rings. The highest BCUT2D eigenvalue weighted by atomic mass is 32.2. The summed E-state index contributed by atoms with van der Waals surface area (Å²) in [4.78, 5) is 24.6. The van der Waals surface area contributed by atoms with Gasteiger partial charge >= 0.3 is 5.97 Å². The average Bonchev–Trinajstić information content (AvgIpc) is 2.82. The van der Waals surface area contributed by atoms with Crippen molar-refractivity contribution < 1.29 is 17.9 Å². The molecule has 4 aromatic rings. The summed E-state index contributed by atoms with van der Waals surface area (Å²) in [7, 11) is -1.96. The van der Waals surface area contributed by atoms with E-state index in [2.05, 4.69) is 36.8 Å². The minimum atomic E-state index is -3.26. The predicted molar refractivity (Wildman–Crippen MR) is 124 cm³/mol. The van der Waals surface area contributed by atoms with Crippen LogP contribution in [0.25, 0.3) is 10.8 Å². The van der Waals surface area contributed by atoms with Crippen LogP contribution in [0, 0.1) is 11.8 Å². The molecular weight excluding hydrogens is 440 g/mol. The molecule has 0 aliphatic carbocycles. The number of carbonyl (C=O) groups excluding carboxylic acids is 1. The number of rotatable bonds is 4. The molecule has 0 atom stereocenters. The average molecular weight is 458 g/mol. The zero-order chi connectivity index (χ0) is 23.4. The van der Waals surface area contributed by atoms with E-state index in [-0.39, 0.29) is 10.6 Å². The van der Waals surface area contributed by atoms with Crippen molar-refractivity contribution in [3.63, 3.8) is 0 Å². The number of aromatic nitrogens is 3. The number of methoxy groups -OCH3 is 1. The van der Waals surface area contributed by atoms with Gasteiger partial charge in [0.25, 0.3) is 0 Å². The summed E-state index contributed by atoms with van der Waals surface area (Å²) in [5.74, 6) is 6.10. The normalized spacial score (nSPS) is 10.8. The van der Waals surface area contributed by atoms with Crippen molar-refractivity contribution in [2.45, 2.75) is 4.90 Å². The van der Waals surface area contributed by atoms with Crippen LogP contribution in [0.2, 0.25) is 0 Å². The summed E-state index contributed by atoms with van der Waals surface area (Å²) in [6.45, 7) is 0. The predicted octanol–water partition coefficient (Wildman–Crippen LogP) is 3.36. The fraction of sp³-hybridized carbons (Fsp3) is 0.0833. The molecule has 1 N–H and O–H groups in total. The van der Waals surface area contributed by atoms with E-state index in [9.17, 15) is 13.2 Å². The number of ether oxygens (including phenoxy) is 1. The second-order valence-electron chi connectivity index (χ2n) is 7.05. The maximum absolute atomic E-state index is 11.6. The van der Waals surface area contributed by atoms with Gasteiger partial charge in [0.15, 0.2) is 9.84 Å². The molecule has 0 radical (unpaired) electrons. The molecule has 3 heterocycles. The standard InChI is InChI=1S/C24H18N4O4S/c1-32-24(29)22-10-4-16(14-26-22)3-9-21-20-13-23(27-15-17(20)11-12-25-21)28-18-5-7-19(8-6-18)33(2,30)31/h4-8,10-15H,1-2H3,(H,27,28). The molecule has 8 nitrogen and oxygen atoms in total. The zero-order valence-corrected chi connectivity index (χ0v) is 18.6. The Bertz CT molecular complexity index is 1500. The van der Waals surface area contributed by atoms with E-state index >= 15 is 0 Å². The zero-order valence-electron chi connectivity index (χ0n) is 17.7. The van der Waals surface area contributed by atoms with Crippen LogP contribution >= 0.6 is 0 Å². The van der Waals surface area contributed by atoms with Gasteiger partial charge in [-0.3, -0.25) is 0 Å². The minimum Gasteiger partial charge on any atom is -0.464 e. The van der Waals surface area contributed by atoms with Crippen LogP contribution < -0.4 is 5.32 Å². The number of carbonyl (C=O) groups is 1. The first-order valence-electron chi connectivity index (χ1n) is 9.72. The molecule has 33 heavy (non-hydrogen) atoms. The van der Waals surface area contributed by atoms with E-state index in [0.717, 1.165) is 10.8 Å². The van der Waals surface area contributed by atoms with Crippen molar-refractivity contribution in [3.8, 4) is 11.8 Å². The number of benzene rings is 1. The Morgan fingerprint density at radius 3 is 2.42 bits per heavy atom. The molecule has 3 aromatic heterocycles. The molecule has 0 saturated heterocycles. The first kappa shape index (κ1) is 21.9. The van der Waals surface area contributed by atoms with E-state index in [0.29, 0.717) is 22.8 Å². The summed E-state index contributed by atoms with van der Waals surface area (Å²) in [6.07, 6.45) is 6.03. The van der Waals surface area contributed by atoms with Gasteiger partial charge in [-0.15, -0.1) is 0 Å². The van der Waals surface area contributed by atoms with Gasteiger partial charge in [-0.05, 0) is 54.5 Å². The van der Waals surface area contributed by atoms with Crippen LogP contribution in [0.4, 0.5) is 11.5 Å². The molecule has 0 saturated carbocycles. The first-order valence-corrected chi connectivity index (χ1v) is 11.6. The lowest BCUT2D eigenvalue weighted by atomic mass is 10.1. The lowest BCUT2D eigenvalue weighted by Gasteiger charge is -2.08. The van der Waals surface area contributed by atoms with Gasteiger partial charge in [-0.25, -0.2) is 28.2 Å². The maximum atomic E-state index is 11.6. The molecule has 0 amide bonds. The van der Waals surface area contributed by atoms with Crippen molar-refractivity contribution in [2.24, 2.45) is 0 Å². The number of pyridine rings is 3. The van der Waals surface area contributed by atoms with Gasteiger partial charge in [0.05, 0.1) is 12.0 Å². The molecular formula is C24H18N4O4S. The molecule has 0 aliphatic heterocycles. The molecule has 164 valence electrons. The molecule has 0 bridgehead atoms. The van der Waals surface area contributed by atoms with Gasteiger partial charge in [0.1, 0.15) is 17.2 Å². The Morgan fingerprint density at radius 1 is 0.970 bits per heavy atom. The molecule has 4 rings (SSSR count). The second-order valence-corrected chi connectivity index (χ2v) is 9.06. The smallest absolute Gasteiger partial charge is 0.356 e. The lowest BCUT2D eigenvalue weighted by molar-refractivity contribution is 0.0594. The van der Waals surface area contributed by atoms with E-state index in [1.165, 1.54) is 31.7 Å². The van der Waals surface area contributed by atoms with E-state index in [4.69, 9.17) is 0 Å². The molecule has 0 aliphatic rings. The minimum absolute atomic E-state index is 0.206. The summed E-state index contributed by atoms with van der Waals surface area (Å²) >= 11 is 0. The van der Waals surface area contributed by atoms with Gasteiger partial charge in [-0.2, -0.15) is 0 Å². The maximum Gasteiger partial charge on any atom is 0.356 e. The van der Waals surface area contributed by atoms with Crippen molar-refractivity contribution in [2.75, 3.05) is 18.7 Å². The topological polar surface area (TPSA) is 111 Å². The highest BCUT2D eigenvalue weighted by Crippen LogP contribution is 2.22. The van der Waals surface area contributed by atoms with E-state index in [1.807, 2.05) is 12.1 Å². The van der Waals surface area contributed by atoms with Crippen molar-refractivity contribution >= 4 is 38.1 Å². The molecule has 9 heteroatoms. The van der Waals surface area contributed by atoms with Crippen LogP contribution in [-0.4, -0.2) is 42.7 Å². The molecule has 0 spiro atoms. The number of hydrogen-bond donors (Lipinski definition) is 1. The Kier molecular flexibility index (Phi) is 6.02. The highest BCUT2D eigenvalue weighted by Gasteiger charge is 2.08. The number of hydrogen-bond acceptors (Lipinski definition) is 8. The molecule has 1 aromatic carbocycles. The third-order valence-corrected chi connectivity index (χ3v) is 5.81. The van der Waals surface area contributed by atoms with Crippen LogP contribution in [0.3, 0.4) is 0 Å². The number of nitrogens with one attached hydrogen (secondary N) is 1. The Balaban J connectivity index is 1.61. The number of anilines is 2. The number of esters is 1. The molecule has 0 unspecified atom stereocenters.